The normalized spacial score (nSPS) is 20.9. The van der Waals surface area contributed by atoms with Gasteiger partial charge in [-0.15, -0.1) is 0 Å². The summed E-state index contributed by atoms with van der Waals surface area (Å²) in [6, 6.07) is 5.76. The molecule has 2 aliphatic rings. The molecule has 1 saturated heterocycles. The number of carbonyl (C=O) groups is 1. The highest BCUT2D eigenvalue weighted by Gasteiger charge is 2.39. The Labute approximate surface area is 161 Å². The molecule has 1 amide bonds. The number of methoxy groups -OCH3 is 1. The van der Waals surface area contributed by atoms with Gasteiger partial charge in [0, 0.05) is 19.8 Å². The first kappa shape index (κ1) is 20.0. The van der Waals surface area contributed by atoms with Crippen molar-refractivity contribution < 1.29 is 19.0 Å². The molecule has 1 aliphatic carbocycles. The lowest BCUT2D eigenvalue weighted by molar-refractivity contribution is -0.136. The number of hydrogen-bond donors (Lipinski definition) is 2. The van der Waals surface area contributed by atoms with E-state index in [0.717, 1.165) is 24.2 Å². The maximum Gasteiger partial charge on any atom is 0.228 e. The Morgan fingerprint density at radius 2 is 2.00 bits per heavy atom. The summed E-state index contributed by atoms with van der Waals surface area (Å²) in [5.41, 5.74) is 6.40. The Balaban J connectivity index is 1.68. The van der Waals surface area contributed by atoms with Crippen LogP contribution in [0.5, 0.6) is 11.5 Å². The summed E-state index contributed by atoms with van der Waals surface area (Å²) in [6.45, 7) is 3.49. The lowest BCUT2D eigenvalue weighted by Gasteiger charge is -2.35. The van der Waals surface area contributed by atoms with Crippen LogP contribution in [-0.4, -0.2) is 38.9 Å². The van der Waals surface area contributed by atoms with Gasteiger partial charge in [0.1, 0.15) is 0 Å². The Morgan fingerprint density at radius 1 is 1.30 bits per heavy atom. The highest BCUT2D eigenvalue weighted by atomic mass is 16.5. The molecular formula is C21H32N2O4. The fourth-order valence-corrected chi connectivity index (χ4v) is 3.96. The molecular weight excluding hydrogens is 344 g/mol. The first-order valence-electron chi connectivity index (χ1n) is 10.0. The van der Waals surface area contributed by atoms with Crippen molar-refractivity contribution in [3.05, 3.63) is 23.8 Å². The zero-order valence-corrected chi connectivity index (χ0v) is 16.5. The van der Waals surface area contributed by atoms with Gasteiger partial charge in [-0.25, -0.2) is 0 Å². The zero-order valence-electron chi connectivity index (χ0n) is 16.5. The summed E-state index contributed by atoms with van der Waals surface area (Å²) in [6.07, 6.45) is 6.26. The van der Waals surface area contributed by atoms with E-state index in [1.807, 2.05) is 25.1 Å². The fourth-order valence-electron chi connectivity index (χ4n) is 3.96. The molecule has 3 N–H and O–H groups in total. The largest absolute Gasteiger partial charge is 0.493 e. The van der Waals surface area contributed by atoms with E-state index in [1.54, 1.807) is 7.11 Å². The molecule has 0 aromatic heterocycles. The smallest absolute Gasteiger partial charge is 0.228 e. The third-order valence-corrected chi connectivity index (χ3v) is 5.95. The number of ether oxygens (including phenoxy) is 3. The molecule has 1 saturated carbocycles. The molecule has 6 nitrogen and oxygen atoms in total. The minimum Gasteiger partial charge on any atom is -0.493 e. The maximum atomic E-state index is 12.9. The van der Waals surface area contributed by atoms with Crippen molar-refractivity contribution in [2.45, 2.75) is 57.6 Å². The zero-order chi connectivity index (χ0) is 19.3. The van der Waals surface area contributed by atoms with E-state index >= 15 is 0 Å². The molecule has 150 valence electrons. The van der Waals surface area contributed by atoms with Gasteiger partial charge in [-0.05, 0) is 63.1 Å². The molecule has 1 aromatic carbocycles. The second kappa shape index (κ2) is 8.93. The number of rotatable bonds is 7. The van der Waals surface area contributed by atoms with E-state index < -0.39 is 5.41 Å². The van der Waals surface area contributed by atoms with Crippen molar-refractivity contribution in [2.75, 3.05) is 26.9 Å². The summed E-state index contributed by atoms with van der Waals surface area (Å²) >= 11 is 0. The first-order chi connectivity index (χ1) is 13.1. The van der Waals surface area contributed by atoms with Crippen molar-refractivity contribution in [1.29, 1.82) is 0 Å². The van der Waals surface area contributed by atoms with E-state index in [1.165, 1.54) is 12.8 Å². The van der Waals surface area contributed by atoms with Gasteiger partial charge < -0.3 is 25.3 Å². The lowest BCUT2D eigenvalue weighted by Crippen LogP contribution is -2.49. The number of carbonyl (C=O) groups excluding carboxylic acids is 1. The highest BCUT2D eigenvalue weighted by molar-refractivity contribution is 5.83. The standard InChI is InChI=1S/C21H32N2O4/c1-15(23-20(24)21(14-22)9-11-26-12-10-21)16-7-8-18(19(13-16)25-2)27-17-5-3-4-6-17/h7-8,13,15,17H,3-6,9-12,14,22H2,1-2H3,(H,23,24). The molecule has 0 radical (unpaired) electrons. The molecule has 1 aromatic rings. The van der Waals surface area contributed by atoms with Gasteiger partial charge in [-0.2, -0.15) is 0 Å². The monoisotopic (exact) mass is 376 g/mol. The summed E-state index contributed by atoms with van der Waals surface area (Å²) in [5.74, 6) is 1.49. The molecule has 1 atom stereocenters. The van der Waals surface area contributed by atoms with Crippen molar-refractivity contribution >= 4 is 5.91 Å². The molecule has 27 heavy (non-hydrogen) atoms. The average molecular weight is 376 g/mol. The number of amides is 1. The van der Waals surface area contributed by atoms with Crippen molar-refractivity contribution in [3.8, 4) is 11.5 Å². The Kier molecular flexibility index (Phi) is 6.60. The topological polar surface area (TPSA) is 82.8 Å². The molecule has 0 bridgehead atoms. The van der Waals surface area contributed by atoms with Crippen LogP contribution in [0.1, 0.15) is 57.1 Å². The molecule has 0 spiro atoms. The van der Waals surface area contributed by atoms with E-state index in [9.17, 15) is 4.79 Å². The van der Waals surface area contributed by atoms with Gasteiger partial charge in [-0.1, -0.05) is 6.07 Å². The van der Waals surface area contributed by atoms with Gasteiger partial charge in [0.15, 0.2) is 11.5 Å². The van der Waals surface area contributed by atoms with Gasteiger partial charge in [-0.3, -0.25) is 4.79 Å². The molecule has 3 rings (SSSR count). The highest BCUT2D eigenvalue weighted by Crippen LogP contribution is 2.35. The lowest BCUT2D eigenvalue weighted by atomic mass is 9.79. The molecule has 1 unspecified atom stereocenters. The third kappa shape index (κ3) is 4.55. The number of nitrogens with two attached hydrogens (primary N) is 1. The first-order valence-corrected chi connectivity index (χ1v) is 10.0. The second-order valence-electron chi connectivity index (χ2n) is 7.73. The second-order valence-corrected chi connectivity index (χ2v) is 7.73. The van der Waals surface area contributed by atoms with Crippen LogP contribution in [0.25, 0.3) is 0 Å². The van der Waals surface area contributed by atoms with Gasteiger partial charge in [0.2, 0.25) is 5.91 Å². The van der Waals surface area contributed by atoms with E-state index in [2.05, 4.69) is 5.32 Å². The maximum absolute atomic E-state index is 12.9. The summed E-state index contributed by atoms with van der Waals surface area (Å²) < 4.78 is 17.0. The summed E-state index contributed by atoms with van der Waals surface area (Å²) in [4.78, 5) is 12.9. The van der Waals surface area contributed by atoms with Crippen LogP contribution in [-0.2, 0) is 9.53 Å². The SMILES string of the molecule is COc1cc(C(C)NC(=O)C2(CN)CCOCC2)ccc1OC1CCCC1. The summed E-state index contributed by atoms with van der Waals surface area (Å²) in [7, 11) is 1.65. The van der Waals surface area contributed by atoms with Gasteiger partial charge in [0.05, 0.1) is 24.7 Å². The van der Waals surface area contributed by atoms with Crippen molar-refractivity contribution in [3.63, 3.8) is 0 Å². The number of nitrogens with one attached hydrogen (secondary N) is 1. The third-order valence-electron chi connectivity index (χ3n) is 5.95. The van der Waals surface area contributed by atoms with Crippen LogP contribution in [0.4, 0.5) is 0 Å². The minimum absolute atomic E-state index is 0.00560. The van der Waals surface area contributed by atoms with E-state index in [0.29, 0.717) is 38.3 Å². The van der Waals surface area contributed by atoms with Gasteiger partial charge in [0.25, 0.3) is 0 Å². The molecule has 6 heteroatoms. The fraction of sp³-hybridized carbons (Fsp3) is 0.667. The quantitative estimate of drug-likeness (QED) is 0.764. The van der Waals surface area contributed by atoms with Crippen LogP contribution < -0.4 is 20.5 Å². The van der Waals surface area contributed by atoms with Crippen LogP contribution in [0, 0.1) is 5.41 Å². The Morgan fingerprint density at radius 3 is 2.63 bits per heavy atom. The van der Waals surface area contributed by atoms with Crippen LogP contribution in [0.15, 0.2) is 18.2 Å². The number of hydrogen-bond acceptors (Lipinski definition) is 5. The van der Waals surface area contributed by atoms with Crippen molar-refractivity contribution in [2.24, 2.45) is 11.1 Å². The van der Waals surface area contributed by atoms with Crippen LogP contribution in [0.2, 0.25) is 0 Å². The average Bonchev–Trinajstić information content (AvgIpc) is 3.21. The van der Waals surface area contributed by atoms with Crippen LogP contribution >= 0.6 is 0 Å². The Bertz CT molecular complexity index is 637. The summed E-state index contributed by atoms with van der Waals surface area (Å²) in [5, 5.41) is 3.13. The van der Waals surface area contributed by atoms with Crippen molar-refractivity contribution in [1.82, 2.24) is 5.32 Å². The predicted octanol–water partition coefficient (Wildman–Crippen LogP) is 2.95. The predicted molar refractivity (Wildman–Crippen MR) is 104 cm³/mol. The molecule has 1 heterocycles. The van der Waals surface area contributed by atoms with Gasteiger partial charge >= 0.3 is 0 Å². The minimum atomic E-state index is -0.526. The molecule has 1 aliphatic heterocycles. The van der Waals surface area contributed by atoms with E-state index in [4.69, 9.17) is 19.9 Å². The Hall–Kier alpha value is -1.79. The molecule has 2 fully saturated rings. The van der Waals surface area contributed by atoms with Crippen LogP contribution in [0.3, 0.4) is 0 Å². The number of benzene rings is 1. The van der Waals surface area contributed by atoms with E-state index in [-0.39, 0.29) is 18.1 Å².